The van der Waals surface area contributed by atoms with Crippen LogP contribution in [0.15, 0.2) is 35.1 Å². The summed E-state index contributed by atoms with van der Waals surface area (Å²) >= 11 is 0. The Kier molecular flexibility index (Phi) is 7.03. The van der Waals surface area contributed by atoms with E-state index in [2.05, 4.69) is 41.3 Å². The first-order valence-electron chi connectivity index (χ1n) is 10.4. The molecule has 2 heterocycles. The van der Waals surface area contributed by atoms with Crippen LogP contribution in [0.2, 0.25) is 0 Å². The number of hydrogen-bond acceptors (Lipinski definition) is 4. The van der Waals surface area contributed by atoms with Crippen LogP contribution in [0.5, 0.6) is 0 Å². The maximum absolute atomic E-state index is 12.5. The summed E-state index contributed by atoms with van der Waals surface area (Å²) in [5.41, 5.74) is 1.01. The highest BCUT2D eigenvalue weighted by Gasteiger charge is 2.20. The second-order valence-corrected chi connectivity index (χ2v) is 7.27. The van der Waals surface area contributed by atoms with Gasteiger partial charge in [-0.25, -0.2) is 9.48 Å². The van der Waals surface area contributed by atoms with E-state index < -0.39 is 0 Å². The summed E-state index contributed by atoms with van der Waals surface area (Å²) in [5.74, 6) is 0.629. The molecular formula is C21H31N5O2. The minimum Gasteiger partial charge on any atom is -0.353 e. The Morgan fingerprint density at radius 2 is 1.93 bits per heavy atom. The van der Waals surface area contributed by atoms with E-state index >= 15 is 0 Å². The summed E-state index contributed by atoms with van der Waals surface area (Å²) in [4.78, 5) is 27.4. The number of fused-ring (bicyclic) bond motifs is 1. The molecule has 1 N–H and O–H groups in total. The highest BCUT2D eigenvalue weighted by molar-refractivity contribution is 5.75. The summed E-state index contributed by atoms with van der Waals surface area (Å²) in [6.45, 7) is 7.23. The Balaban J connectivity index is 1.66. The van der Waals surface area contributed by atoms with Gasteiger partial charge in [0.2, 0.25) is 5.91 Å². The Hall–Kier alpha value is -2.41. The average molecular weight is 386 g/mol. The van der Waals surface area contributed by atoms with E-state index in [0.29, 0.717) is 13.1 Å². The molecule has 28 heavy (non-hydrogen) atoms. The Bertz CT molecular complexity index is 823. The van der Waals surface area contributed by atoms with E-state index in [1.54, 1.807) is 4.57 Å². The molecule has 1 aromatic carbocycles. The molecule has 1 unspecified atom stereocenters. The normalized spacial score (nSPS) is 15.1. The van der Waals surface area contributed by atoms with Crippen LogP contribution in [0.4, 0.5) is 0 Å². The third kappa shape index (κ3) is 4.70. The minimum absolute atomic E-state index is 0.0292. The van der Waals surface area contributed by atoms with Crippen LogP contribution in [-0.2, 0) is 24.3 Å². The van der Waals surface area contributed by atoms with Crippen LogP contribution in [-0.4, -0.2) is 44.8 Å². The van der Waals surface area contributed by atoms with Gasteiger partial charge >= 0.3 is 5.69 Å². The molecule has 0 bridgehead atoms. The van der Waals surface area contributed by atoms with Gasteiger partial charge in [0.15, 0.2) is 0 Å². The van der Waals surface area contributed by atoms with Gasteiger partial charge in [0.1, 0.15) is 12.4 Å². The number of benzene rings is 1. The highest BCUT2D eigenvalue weighted by atomic mass is 16.2. The lowest BCUT2D eigenvalue weighted by molar-refractivity contribution is -0.122. The Morgan fingerprint density at radius 1 is 1.18 bits per heavy atom. The lowest BCUT2D eigenvalue weighted by Gasteiger charge is -2.30. The average Bonchev–Trinajstić information content (AvgIpc) is 2.88. The molecule has 0 radical (unpaired) electrons. The molecule has 3 rings (SSSR count). The lowest BCUT2D eigenvalue weighted by Crippen LogP contribution is -2.40. The van der Waals surface area contributed by atoms with Gasteiger partial charge in [-0.1, -0.05) is 50.6 Å². The topological polar surface area (TPSA) is 72.2 Å². The van der Waals surface area contributed by atoms with Crippen LogP contribution >= 0.6 is 0 Å². The molecule has 7 nitrogen and oxygen atoms in total. The summed E-state index contributed by atoms with van der Waals surface area (Å²) in [6, 6.07) is 10.3. The van der Waals surface area contributed by atoms with Gasteiger partial charge in [-0.05, 0) is 31.5 Å². The van der Waals surface area contributed by atoms with Gasteiger partial charge in [-0.3, -0.25) is 14.3 Å². The number of amides is 1. The van der Waals surface area contributed by atoms with E-state index in [1.807, 2.05) is 18.2 Å². The first-order valence-corrected chi connectivity index (χ1v) is 10.4. The molecule has 1 atom stereocenters. The number of nitrogens with zero attached hydrogens (tertiary/aromatic N) is 4. The second kappa shape index (κ2) is 9.68. The van der Waals surface area contributed by atoms with E-state index in [1.165, 1.54) is 10.2 Å². The number of aromatic nitrogens is 3. The second-order valence-electron chi connectivity index (χ2n) is 7.27. The van der Waals surface area contributed by atoms with E-state index in [9.17, 15) is 9.59 Å². The molecule has 1 aliphatic heterocycles. The van der Waals surface area contributed by atoms with Crippen LogP contribution in [0.3, 0.4) is 0 Å². The molecule has 2 aromatic rings. The fourth-order valence-corrected chi connectivity index (χ4v) is 3.93. The Morgan fingerprint density at radius 3 is 2.64 bits per heavy atom. The summed E-state index contributed by atoms with van der Waals surface area (Å²) in [5, 5.41) is 7.41. The minimum atomic E-state index is -0.177. The zero-order chi connectivity index (χ0) is 19.9. The Labute approximate surface area is 166 Å². The number of nitrogens with one attached hydrogen (secondary N) is 1. The maximum Gasteiger partial charge on any atom is 0.346 e. The molecule has 0 fully saturated rings. The third-order valence-electron chi connectivity index (χ3n) is 5.50. The third-order valence-corrected chi connectivity index (χ3v) is 5.50. The lowest BCUT2D eigenvalue weighted by atomic mass is 10.1. The van der Waals surface area contributed by atoms with E-state index in [0.717, 1.165) is 44.6 Å². The molecule has 0 aliphatic carbocycles. The molecule has 1 amide bonds. The van der Waals surface area contributed by atoms with Gasteiger partial charge < -0.3 is 5.32 Å². The first-order chi connectivity index (χ1) is 13.6. The highest BCUT2D eigenvalue weighted by Crippen LogP contribution is 2.19. The SMILES string of the molecule is CCN(CC)C(CNC(=O)Cn1nc2n(c1=O)CCCCC2)c1ccccc1. The van der Waals surface area contributed by atoms with Crippen molar-refractivity contribution in [2.45, 2.75) is 58.7 Å². The quantitative estimate of drug-likeness (QED) is 0.754. The first kappa shape index (κ1) is 20.3. The molecule has 152 valence electrons. The van der Waals surface area contributed by atoms with Crippen molar-refractivity contribution in [3.8, 4) is 0 Å². The van der Waals surface area contributed by atoms with Crippen molar-refractivity contribution in [3.63, 3.8) is 0 Å². The van der Waals surface area contributed by atoms with Crippen molar-refractivity contribution in [1.82, 2.24) is 24.6 Å². The predicted molar refractivity (Wildman–Crippen MR) is 109 cm³/mol. The van der Waals surface area contributed by atoms with Gasteiger partial charge in [-0.15, -0.1) is 0 Å². The molecule has 0 spiro atoms. The van der Waals surface area contributed by atoms with Crippen molar-refractivity contribution >= 4 is 5.91 Å². The molecule has 1 aliphatic rings. The smallest absolute Gasteiger partial charge is 0.346 e. The van der Waals surface area contributed by atoms with E-state index in [4.69, 9.17) is 0 Å². The van der Waals surface area contributed by atoms with Crippen LogP contribution in [0.25, 0.3) is 0 Å². The fraction of sp³-hybridized carbons (Fsp3) is 0.571. The van der Waals surface area contributed by atoms with E-state index in [-0.39, 0.29) is 24.2 Å². The summed E-state index contributed by atoms with van der Waals surface area (Å²) < 4.78 is 3.04. The number of carbonyl (C=O) groups excluding carboxylic acids is 1. The van der Waals surface area contributed by atoms with Crippen LogP contribution < -0.4 is 11.0 Å². The van der Waals surface area contributed by atoms with Crippen molar-refractivity contribution in [2.75, 3.05) is 19.6 Å². The van der Waals surface area contributed by atoms with Crippen molar-refractivity contribution in [1.29, 1.82) is 0 Å². The summed E-state index contributed by atoms with van der Waals surface area (Å²) in [6.07, 6.45) is 3.97. The van der Waals surface area contributed by atoms with Crippen LogP contribution in [0, 0.1) is 0 Å². The van der Waals surface area contributed by atoms with Crippen molar-refractivity contribution in [2.24, 2.45) is 0 Å². The van der Waals surface area contributed by atoms with Gasteiger partial charge in [0, 0.05) is 19.5 Å². The predicted octanol–water partition coefficient (Wildman–Crippen LogP) is 1.97. The number of hydrogen-bond donors (Lipinski definition) is 1. The standard InChI is InChI=1S/C21H31N5O2/c1-3-24(4-2)18(17-11-7-5-8-12-17)15-22-20(27)16-26-21(28)25-14-10-6-9-13-19(25)23-26/h5,7-8,11-12,18H,3-4,6,9-10,13-16H2,1-2H3,(H,22,27). The molecule has 0 saturated heterocycles. The monoisotopic (exact) mass is 385 g/mol. The van der Waals surface area contributed by atoms with Crippen molar-refractivity contribution in [3.05, 3.63) is 52.2 Å². The zero-order valence-corrected chi connectivity index (χ0v) is 16.9. The number of carbonyl (C=O) groups is 1. The zero-order valence-electron chi connectivity index (χ0n) is 16.9. The maximum atomic E-state index is 12.5. The van der Waals surface area contributed by atoms with Crippen molar-refractivity contribution < 1.29 is 4.79 Å². The molecular weight excluding hydrogens is 354 g/mol. The van der Waals surface area contributed by atoms with Gasteiger partial charge in [0.05, 0.1) is 6.04 Å². The number of likely N-dealkylation sites (N-methyl/N-ethyl adjacent to an activating group) is 1. The fourth-order valence-electron chi connectivity index (χ4n) is 3.93. The summed E-state index contributed by atoms with van der Waals surface area (Å²) in [7, 11) is 0. The van der Waals surface area contributed by atoms with Gasteiger partial charge in [-0.2, -0.15) is 5.10 Å². The van der Waals surface area contributed by atoms with Crippen LogP contribution in [0.1, 0.15) is 50.5 Å². The molecule has 0 saturated carbocycles. The molecule has 7 heteroatoms. The largest absolute Gasteiger partial charge is 0.353 e. The number of rotatable bonds is 8. The molecule has 1 aromatic heterocycles. The number of aryl methyl sites for hydroxylation is 1. The van der Waals surface area contributed by atoms with Gasteiger partial charge in [0.25, 0.3) is 0 Å².